The van der Waals surface area contributed by atoms with E-state index < -0.39 is 0 Å². The lowest BCUT2D eigenvalue weighted by Gasteiger charge is -2.52. The largest absolute Gasteiger partial charge is 0.473 e. The van der Waals surface area contributed by atoms with E-state index in [4.69, 9.17) is 14.0 Å². The molecule has 2 saturated heterocycles. The van der Waals surface area contributed by atoms with Crippen LogP contribution in [0.25, 0.3) is 0 Å². The van der Waals surface area contributed by atoms with Crippen LogP contribution < -0.4 is 4.74 Å². The van der Waals surface area contributed by atoms with Crippen LogP contribution in [0, 0.1) is 6.92 Å². The van der Waals surface area contributed by atoms with Gasteiger partial charge in [0, 0.05) is 31.3 Å². The van der Waals surface area contributed by atoms with Crippen LogP contribution in [0.15, 0.2) is 29.2 Å². The molecular weight excluding hydrogens is 312 g/mol. The summed E-state index contributed by atoms with van der Waals surface area (Å²) in [6.45, 7) is 3.46. The lowest BCUT2D eigenvalue weighted by Crippen LogP contribution is -2.67. The number of amides is 1. The summed E-state index contributed by atoms with van der Waals surface area (Å²) in [5, 5.41) is 3.75. The number of hydrogen-bond acceptors (Lipinski definition) is 7. The van der Waals surface area contributed by atoms with Crippen LogP contribution in [0.4, 0.5) is 0 Å². The molecule has 2 aromatic heterocycles. The first kappa shape index (κ1) is 15.1. The van der Waals surface area contributed by atoms with Gasteiger partial charge in [-0.1, -0.05) is 5.16 Å². The van der Waals surface area contributed by atoms with Gasteiger partial charge in [0.25, 0.3) is 5.91 Å². The second-order valence-electron chi connectivity index (χ2n) is 6.30. The van der Waals surface area contributed by atoms with Gasteiger partial charge in [0.1, 0.15) is 11.7 Å². The van der Waals surface area contributed by atoms with Gasteiger partial charge in [-0.05, 0) is 6.92 Å². The Morgan fingerprint density at radius 1 is 1.42 bits per heavy atom. The highest BCUT2D eigenvalue weighted by Gasteiger charge is 2.50. The summed E-state index contributed by atoms with van der Waals surface area (Å²) in [6.07, 6.45) is 6.36. The molecule has 2 aliphatic rings. The summed E-state index contributed by atoms with van der Waals surface area (Å²) in [6, 6.07) is 1.65. The fraction of sp³-hybridized carbons (Fsp3) is 0.500. The molecule has 0 aliphatic carbocycles. The fourth-order valence-corrected chi connectivity index (χ4v) is 3.23. The maximum atomic E-state index is 12.3. The van der Waals surface area contributed by atoms with Gasteiger partial charge in [-0.25, -0.2) is 4.98 Å². The normalized spacial score (nSPS) is 22.2. The van der Waals surface area contributed by atoms with Gasteiger partial charge in [-0.2, -0.15) is 0 Å². The molecule has 0 radical (unpaired) electrons. The van der Waals surface area contributed by atoms with Crippen molar-refractivity contribution < 1.29 is 18.8 Å². The van der Waals surface area contributed by atoms with Crippen molar-refractivity contribution in [3.63, 3.8) is 0 Å². The molecule has 126 valence electrons. The molecule has 0 bridgehead atoms. The predicted octanol–water partition coefficient (Wildman–Crippen LogP) is 1.23. The maximum Gasteiger partial charge on any atom is 0.292 e. The zero-order valence-corrected chi connectivity index (χ0v) is 13.3. The number of hydrogen-bond donors (Lipinski definition) is 0. The summed E-state index contributed by atoms with van der Waals surface area (Å²) in [7, 11) is 0. The molecule has 2 aliphatic heterocycles. The summed E-state index contributed by atoms with van der Waals surface area (Å²) in [5.41, 5.74) is 0.357. The smallest absolute Gasteiger partial charge is 0.292 e. The molecule has 0 N–H and O–H groups in total. The Balaban J connectivity index is 1.36. The van der Waals surface area contributed by atoms with Crippen LogP contribution >= 0.6 is 0 Å². The molecule has 24 heavy (non-hydrogen) atoms. The Kier molecular flexibility index (Phi) is 3.68. The highest BCUT2D eigenvalue weighted by atomic mass is 16.5. The van der Waals surface area contributed by atoms with Crippen molar-refractivity contribution in [2.75, 3.05) is 19.7 Å². The highest BCUT2D eigenvalue weighted by Crippen LogP contribution is 2.36. The number of aromatic nitrogens is 3. The molecular formula is C16H18N4O4. The molecule has 8 heteroatoms. The van der Waals surface area contributed by atoms with Crippen molar-refractivity contribution >= 4 is 5.91 Å². The lowest BCUT2D eigenvalue weighted by atomic mass is 9.84. The van der Waals surface area contributed by atoms with Crippen molar-refractivity contribution in [3.05, 3.63) is 36.1 Å². The Bertz CT molecular complexity index is 727. The van der Waals surface area contributed by atoms with Crippen molar-refractivity contribution in [2.24, 2.45) is 0 Å². The van der Waals surface area contributed by atoms with E-state index in [9.17, 15) is 4.79 Å². The molecule has 0 saturated carbocycles. The third kappa shape index (κ3) is 2.84. The van der Waals surface area contributed by atoms with Crippen molar-refractivity contribution in [1.29, 1.82) is 0 Å². The second-order valence-corrected chi connectivity index (χ2v) is 6.30. The molecule has 0 aromatic carbocycles. The summed E-state index contributed by atoms with van der Waals surface area (Å²) in [4.78, 5) is 22.2. The zero-order chi connectivity index (χ0) is 16.6. The van der Waals surface area contributed by atoms with E-state index in [0.717, 1.165) is 12.8 Å². The first-order valence-corrected chi connectivity index (χ1v) is 7.93. The number of carbonyl (C=O) groups excluding carboxylic acids is 1. The standard InChI is InChI=1S/C16H18N4O4/c1-11-6-13(24-19-11)15(21)20-9-16(10-20)7-12(2-5-22-16)23-14-8-17-3-4-18-14/h3-4,6,8,12H,2,5,7,9-10H2,1H3. The second kappa shape index (κ2) is 5.86. The SMILES string of the molecule is Cc1cc(C(=O)N2CC3(CC(Oc4cnccn4)CCO3)C2)on1. The molecule has 2 aromatic rings. The van der Waals surface area contributed by atoms with Gasteiger partial charge in [-0.15, -0.1) is 0 Å². The number of ether oxygens (including phenoxy) is 2. The molecule has 8 nitrogen and oxygen atoms in total. The summed E-state index contributed by atoms with van der Waals surface area (Å²) >= 11 is 0. The van der Waals surface area contributed by atoms with Crippen LogP contribution in [-0.2, 0) is 4.74 Å². The minimum atomic E-state index is -0.337. The van der Waals surface area contributed by atoms with E-state index in [1.165, 1.54) is 0 Å². The van der Waals surface area contributed by atoms with Crippen LogP contribution in [0.3, 0.4) is 0 Å². The van der Waals surface area contributed by atoms with Gasteiger partial charge in [0.15, 0.2) is 0 Å². The Morgan fingerprint density at radius 3 is 3.00 bits per heavy atom. The number of nitrogens with zero attached hydrogens (tertiary/aromatic N) is 4. The lowest BCUT2D eigenvalue weighted by molar-refractivity contribution is -0.174. The fourth-order valence-electron chi connectivity index (χ4n) is 3.23. The van der Waals surface area contributed by atoms with Gasteiger partial charge in [-0.3, -0.25) is 9.78 Å². The van der Waals surface area contributed by atoms with Crippen LogP contribution in [0.2, 0.25) is 0 Å². The average Bonchev–Trinajstić information content (AvgIpc) is 3.00. The van der Waals surface area contributed by atoms with E-state index in [-0.39, 0.29) is 23.4 Å². The molecule has 1 spiro atoms. The third-order valence-corrected chi connectivity index (χ3v) is 4.36. The van der Waals surface area contributed by atoms with E-state index >= 15 is 0 Å². The topological polar surface area (TPSA) is 90.6 Å². The molecule has 1 unspecified atom stereocenters. The predicted molar refractivity (Wildman–Crippen MR) is 81.5 cm³/mol. The number of likely N-dealkylation sites (tertiary alicyclic amines) is 1. The third-order valence-electron chi connectivity index (χ3n) is 4.36. The summed E-state index contributed by atoms with van der Waals surface area (Å²) < 4.78 is 16.9. The first-order valence-electron chi connectivity index (χ1n) is 7.93. The van der Waals surface area contributed by atoms with E-state index in [1.54, 1.807) is 36.5 Å². The van der Waals surface area contributed by atoms with E-state index in [2.05, 4.69) is 15.1 Å². The monoisotopic (exact) mass is 330 g/mol. The minimum Gasteiger partial charge on any atom is -0.473 e. The molecule has 4 heterocycles. The van der Waals surface area contributed by atoms with Crippen molar-refractivity contribution in [2.45, 2.75) is 31.5 Å². The van der Waals surface area contributed by atoms with E-state index in [0.29, 0.717) is 31.3 Å². The average molecular weight is 330 g/mol. The highest BCUT2D eigenvalue weighted by molar-refractivity contribution is 5.92. The Hall–Kier alpha value is -2.48. The Morgan fingerprint density at radius 2 is 2.29 bits per heavy atom. The van der Waals surface area contributed by atoms with Crippen molar-refractivity contribution in [3.8, 4) is 5.88 Å². The number of aryl methyl sites for hydroxylation is 1. The zero-order valence-electron chi connectivity index (χ0n) is 13.3. The van der Waals surface area contributed by atoms with E-state index in [1.807, 2.05) is 0 Å². The van der Waals surface area contributed by atoms with Crippen LogP contribution in [0.1, 0.15) is 29.1 Å². The molecule has 4 rings (SSSR count). The summed E-state index contributed by atoms with van der Waals surface area (Å²) in [5.74, 6) is 0.635. The van der Waals surface area contributed by atoms with Gasteiger partial charge in [0.2, 0.25) is 11.6 Å². The van der Waals surface area contributed by atoms with Gasteiger partial charge < -0.3 is 18.9 Å². The number of rotatable bonds is 3. The molecule has 1 atom stereocenters. The Labute approximate surface area is 138 Å². The van der Waals surface area contributed by atoms with Gasteiger partial charge >= 0.3 is 0 Å². The quantitative estimate of drug-likeness (QED) is 0.836. The molecule has 2 fully saturated rings. The maximum absolute atomic E-state index is 12.3. The number of carbonyl (C=O) groups is 1. The molecule has 1 amide bonds. The van der Waals surface area contributed by atoms with Crippen molar-refractivity contribution in [1.82, 2.24) is 20.0 Å². The van der Waals surface area contributed by atoms with Crippen LogP contribution in [-0.4, -0.2) is 57.3 Å². The minimum absolute atomic E-state index is 0.0141. The van der Waals surface area contributed by atoms with Gasteiger partial charge in [0.05, 0.1) is 31.6 Å². The van der Waals surface area contributed by atoms with Crippen LogP contribution in [0.5, 0.6) is 5.88 Å². The first-order chi connectivity index (χ1) is 11.6.